The Morgan fingerprint density at radius 1 is 1.70 bits per heavy atom. The van der Waals surface area contributed by atoms with Crippen LogP contribution >= 0.6 is 0 Å². The van der Waals surface area contributed by atoms with Crippen LogP contribution in [0.3, 0.4) is 0 Å². The molecule has 1 unspecified atom stereocenters. The van der Waals surface area contributed by atoms with Crippen molar-refractivity contribution in [1.29, 1.82) is 0 Å². The van der Waals surface area contributed by atoms with Crippen molar-refractivity contribution in [2.75, 3.05) is 6.61 Å². The largest absolute Gasteiger partial charge is 0.396 e. The first-order chi connectivity index (χ1) is 4.84. The van der Waals surface area contributed by atoms with Crippen LogP contribution in [0.1, 0.15) is 25.7 Å². The van der Waals surface area contributed by atoms with Gasteiger partial charge < -0.3 is 5.11 Å². The third-order valence-corrected chi connectivity index (χ3v) is 1.96. The Morgan fingerprint density at radius 3 is 3.10 bits per heavy atom. The van der Waals surface area contributed by atoms with Crippen LogP contribution in [-0.4, -0.2) is 11.7 Å². The first-order valence-corrected chi connectivity index (χ1v) is 3.81. The van der Waals surface area contributed by atoms with E-state index in [2.05, 4.69) is 0 Å². The van der Waals surface area contributed by atoms with Crippen molar-refractivity contribution < 1.29 is 9.50 Å². The monoisotopic (exact) mass is 144 g/mol. The summed E-state index contributed by atoms with van der Waals surface area (Å²) in [4.78, 5) is 0. The Hall–Kier alpha value is -0.370. The number of hydrogen-bond acceptors (Lipinski definition) is 1. The Morgan fingerprint density at radius 2 is 2.50 bits per heavy atom. The molecule has 0 aromatic rings. The quantitative estimate of drug-likeness (QED) is 0.628. The third-order valence-electron chi connectivity index (χ3n) is 1.96. The molecule has 1 N–H and O–H groups in total. The second-order valence-corrected chi connectivity index (χ2v) is 2.73. The van der Waals surface area contributed by atoms with Gasteiger partial charge in [-0.25, -0.2) is 4.39 Å². The SMILES string of the molecule is OCCC1CCCC=C1F. The minimum absolute atomic E-state index is 0.0127. The highest BCUT2D eigenvalue weighted by molar-refractivity contribution is 5.01. The van der Waals surface area contributed by atoms with E-state index in [0.29, 0.717) is 6.42 Å². The van der Waals surface area contributed by atoms with E-state index < -0.39 is 0 Å². The molecule has 1 aliphatic rings. The highest BCUT2D eigenvalue weighted by Crippen LogP contribution is 2.27. The Bertz CT molecular complexity index is 131. The van der Waals surface area contributed by atoms with Crippen molar-refractivity contribution >= 4 is 0 Å². The van der Waals surface area contributed by atoms with Gasteiger partial charge in [0.15, 0.2) is 0 Å². The maximum absolute atomic E-state index is 12.8. The summed E-state index contributed by atoms with van der Waals surface area (Å²) in [5, 5.41) is 8.54. The topological polar surface area (TPSA) is 20.2 Å². The summed E-state index contributed by atoms with van der Waals surface area (Å²) in [6, 6.07) is 0. The zero-order valence-electron chi connectivity index (χ0n) is 6.02. The Kier molecular flexibility index (Phi) is 2.87. The lowest BCUT2D eigenvalue weighted by Gasteiger charge is -2.16. The van der Waals surface area contributed by atoms with Gasteiger partial charge in [-0.1, -0.05) is 6.08 Å². The molecule has 0 fully saturated rings. The predicted molar refractivity (Wildman–Crippen MR) is 38.2 cm³/mol. The van der Waals surface area contributed by atoms with Crippen LogP contribution in [0.2, 0.25) is 0 Å². The lowest BCUT2D eigenvalue weighted by atomic mass is 9.92. The molecule has 0 bridgehead atoms. The highest BCUT2D eigenvalue weighted by Gasteiger charge is 2.16. The molecule has 2 heteroatoms. The first kappa shape index (κ1) is 7.73. The standard InChI is InChI=1S/C8H13FO/c9-8-4-2-1-3-7(8)5-6-10/h4,7,10H,1-3,5-6H2. The summed E-state index contributed by atoms with van der Waals surface area (Å²) < 4.78 is 12.8. The number of aliphatic hydroxyl groups excluding tert-OH is 1. The van der Waals surface area contributed by atoms with Crippen LogP contribution in [0.4, 0.5) is 4.39 Å². The van der Waals surface area contributed by atoms with Gasteiger partial charge in [-0.2, -0.15) is 0 Å². The van der Waals surface area contributed by atoms with Crippen LogP contribution < -0.4 is 0 Å². The van der Waals surface area contributed by atoms with Gasteiger partial charge in [0, 0.05) is 12.5 Å². The molecule has 1 atom stereocenters. The molecular formula is C8H13FO. The van der Waals surface area contributed by atoms with E-state index in [4.69, 9.17) is 5.11 Å². The summed E-state index contributed by atoms with van der Waals surface area (Å²) >= 11 is 0. The zero-order chi connectivity index (χ0) is 7.40. The molecular weight excluding hydrogens is 131 g/mol. The minimum atomic E-state index is -0.0136. The van der Waals surface area contributed by atoms with E-state index in [-0.39, 0.29) is 18.4 Å². The van der Waals surface area contributed by atoms with Gasteiger partial charge in [-0.15, -0.1) is 0 Å². The molecule has 0 aliphatic heterocycles. The maximum Gasteiger partial charge on any atom is 0.0991 e. The van der Waals surface area contributed by atoms with Crippen molar-refractivity contribution in [2.24, 2.45) is 5.92 Å². The van der Waals surface area contributed by atoms with Crippen molar-refractivity contribution in [1.82, 2.24) is 0 Å². The lowest BCUT2D eigenvalue weighted by Crippen LogP contribution is -2.07. The van der Waals surface area contributed by atoms with Gasteiger partial charge in [0.2, 0.25) is 0 Å². The third kappa shape index (κ3) is 1.81. The number of allylic oxidation sites excluding steroid dienone is 2. The zero-order valence-corrected chi connectivity index (χ0v) is 6.02. The van der Waals surface area contributed by atoms with Crippen molar-refractivity contribution in [3.63, 3.8) is 0 Å². The Labute approximate surface area is 60.6 Å². The number of hydrogen-bond donors (Lipinski definition) is 1. The second-order valence-electron chi connectivity index (χ2n) is 2.73. The minimum Gasteiger partial charge on any atom is -0.396 e. The van der Waals surface area contributed by atoms with Gasteiger partial charge in [-0.05, 0) is 25.7 Å². The molecule has 0 amide bonds. The van der Waals surface area contributed by atoms with Crippen molar-refractivity contribution in [2.45, 2.75) is 25.7 Å². The molecule has 0 aromatic carbocycles. The van der Waals surface area contributed by atoms with Crippen LogP contribution in [0, 0.1) is 5.92 Å². The molecule has 1 aliphatic carbocycles. The normalized spacial score (nSPS) is 26.2. The fourth-order valence-electron chi connectivity index (χ4n) is 1.35. The van der Waals surface area contributed by atoms with E-state index in [0.717, 1.165) is 19.3 Å². The van der Waals surface area contributed by atoms with Crippen LogP contribution in [0.5, 0.6) is 0 Å². The number of aliphatic hydroxyl groups is 1. The van der Waals surface area contributed by atoms with Crippen molar-refractivity contribution in [3.05, 3.63) is 11.9 Å². The number of halogens is 1. The van der Waals surface area contributed by atoms with Gasteiger partial charge in [0.25, 0.3) is 0 Å². The summed E-state index contributed by atoms with van der Waals surface area (Å²) in [7, 11) is 0. The molecule has 10 heavy (non-hydrogen) atoms. The van der Waals surface area contributed by atoms with Crippen LogP contribution in [-0.2, 0) is 0 Å². The summed E-state index contributed by atoms with van der Waals surface area (Å²) in [6.07, 6.45) is 5.07. The van der Waals surface area contributed by atoms with Gasteiger partial charge in [0.1, 0.15) is 0 Å². The molecule has 0 radical (unpaired) electrons. The predicted octanol–water partition coefficient (Wildman–Crippen LogP) is 2.02. The van der Waals surface area contributed by atoms with E-state index >= 15 is 0 Å². The molecule has 0 spiro atoms. The van der Waals surface area contributed by atoms with Gasteiger partial charge in [-0.3, -0.25) is 0 Å². The first-order valence-electron chi connectivity index (χ1n) is 3.81. The molecule has 58 valence electrons. The highest BCUT2D eigenvalue weighted by atomic mass is 19.1. The van der Waals surface area contributed by atoms with Gasteiger partial charge >= 0.3 is 0 Å². The molecule has 0 heterocycles. The van der Waals surface area contributed by atoms with Crippen molar-refractivity contribution in [3.8, 4) is 0 Å². The Balaban J connectivity index is 2.41. The summed E-state index contributed by atoms with van der Waals surface area (Å²) in [5.74, 6) is -0.000880. The molecule has 0 saturated heterocycles. The van der Waals surface area contributed by atoms with E-state index in [1.54, 1.807) is 6.08 Å². The molecule has 0 saturated carbocycles. The average Bonchev–Trinajstić information content (AvgIpc) is 1.94. The molecule has 1 nitrogen and oxygen atoms in total. The fraction of sp³-hybridized carbons (Fsp3) is 0.750. The molecule has 0 aromatic heterocycles. The van der Waals surface area contributed by atoms with E-state index in [1.165, 1.54) is 0 Å². The summed E-state index contributed by atoms with van der Waals surface area (Å²) in [5.41, 5.74) is 0. The molecule has 1 rings (SSSR count). The van der Waals surface area contributed by atoms with Crippen LogP contribution in [0.15, 0.2) is 11.9 Å². The maximum atomic E-state index is 12.8. The average molecular weight is 144 g/mol. The smallest absolute Gasteiger partial charge is 0.0991 e. The van der Waals surface area contributed by atoms with Crippen LogP contribution in [0.25, 0.3) is 0 Å². The second kappa shape index (κ2) is 3.71. The van der Waals surface area contributed by atoms with Gasteiger partial charge in [0.05, 0.1) is 5.83 Å². The lowest BCUT2D eigenvalue weighted by molar-refractivity contribution is 0.247. The summed E-state index contributed by atoms with van der Waals surface area (Å²) in [6.45, 7) is 0.103. The fourth-order valence-corrected chi connectivity index (χ4v) is 1.35. The van der Waals surface area contributed by atoms with E-state index in [1.807, 2.05) is 0 Å². The number of rotatable bonds is 2. The van der Waals surface area contributed by atoms with E-state index in [9.17, 15) is 4.39 Å².